The Balaban J connectivity index is 1.25. The Morgan fingerprint density at radius 1 is 1.15 bits per heavy atom. The van der Waals surface area contributed by atoms with Gasteiger partial charge in [-0.05, 0) is 97.0 Å². The highest BCUT2D eigenvalue weighted by molar-refractivity contribution is 9.10. The fraction of sp³-hybridized carbons (Fsp3) is 0.462. The third-order valence-electron chi connectivity index (χ3n) is 6.95. The Kier molecular flexibility index (Phi) is 7.18. The summed E-state index contributed by atoms with van der Waals surface area (Å²) in [6.45, 7) is 4.89. The fourth-order valence-electron chi connectivity index (χ4n) is 5.12. The summed E-state index contributed by atoms with van der Waals surface area (Å²) in [4.78, 5) is 19.8. The van der Waals surface area contributed by atoms with Crippen LogP contribution >= 0.6 is 15.9 Å². The van der Waals surface area contributed by atoms with Gasteiger partial charge < -0.3 is 20.3 Å². The van der Waals surface area contributed by atoms with Crippen LogP contribution in [0.25, 0.3) is 5.65 Å². The molecule has 2 saturated heterocycles. The van der Waals surface area contributed by atoms with Crippen molar-refractivity contribution in [1.29, 1.82) is 0 Å². The number of likely N-dealkylation sites (N-methyl/N-ethyl adjacent to an activating group) is 1. The number of ether oxygens (including phenoxy) is 1. The Bertz CT molecular complexity index is 1180. The van der Waals surface area contributed by atoms with Crippen LogP contribution in [0.3, 0.4) is 0 Å². The van der Waals surface area contributed by atoms with Crippen LogP contribution in [-0.4, -0.2) is 60.2 Å². The first kappa shape index (κ1) is 23.3. The molecule has 0 amide bonds. The topological polar surface area (TPSA) is 70.9 Å². The lowest BCUT2D eigenvalue weighted by molar-refractivity contribution is 0.215. The van der Waals surface area contributed by atoms with E-state index < -0.39 is 0 Å². The zero-order valence-electron chi connectivity index (χ0n) is 19.5. The van der Waals surface area contributed by atoms with Crippen LogP contribution in [0.15, 0.2) is 57.9 Å². The third kappa shape index (κ3) is 5.29. The van der Waals surface area contributed by atoms with E-state index in [2.05, 4.69) is 67.8 Å². The van der Waals surface area contributed by atoms with E-state index in [1.165, 1.54) is 18.4 Å². The van der Waals surface area contributed by atoms with Crippen molar-refractivity contribution >= 4 is 27.4 Å². The van der Waals surface area contributed by atoms with Crippen LogP contribution < -0.4 is 20.9 Å². The zero-order valence-corrected chi connectivity index (χ0v) is 21.1. The highest BCUT2D eigenvalue weighted by Gasteiger charge is 2.27. The maximum Gasteiger partial charge on any atom is 0.274 e. The van der Waals surface area contributed by atoms with Crippen molar-refractivity contribution in [1.82, 2.24) is 19.6 Å². The lowest BCUT2D eigenvalue weighted by Gasteiger charge is -2.36. The minimum absolute atomic E-state index is 0.103. The zero-order chi connectivity index (χ0) is 23.5. The van der Waals surface area contributed by atoms with Gasteiger partial charge in [-0.15, -0.1) is 0 Å². The molecule has 2 aliphatic heterocycles. The molecule has 2 atom stereocenters. The molecule has 3 aromatic rings. The molecule has 2 fully saturated rings. The summed E-state index contributed by atoms with van der Waals surface area (Å²) in [6.07, 6.45) is 5.09. The maximum atomic E-state index is 12.7. The number of nitrogens with zero attached hydrogens (tertiary/aromatic N) is 3. The average Bonchev–Trinajstić information content (AvgIpc) is 2.86. The summed E-state index contributed by atoms with van der Waals surface area (Å²) in [5.41, 5.74) is 1.85. The molecule has 5 rings (SSSR count). The number of hydrogen-bond acceptors (Lipinski definition) is 6. The number of likely N-dealkylation sites (tertiary alicyclic amines) is 1. The average molecular weight is 526 g/mol. The number of piperidine rings is 2. The van der Waals surface area contributed by atoms with Gasteiger partial charge in [0.15, 0.2) is 0 Å². The predicted molar refractivity (Wildman–Crippen MR) is 139 cm³/mol. The molecule has 0 spiro atoms. The summed E-state index contributed by atoms with van der Waals surface area (Å²) >= 11 is 3.47. The van der Waals surface area contributed by atoms with E-state index >= 15 is 0 Å². The highest BCUT2D eigenvalue weighted by atomic mass is 79.9. The summed E-state index contributed by atoms with van der Waals surface area (Å²) < 4.78 is 8.10. The van der Waals surface area contributed by atoms with Crippen LogP contribution in [0.2, 0.25) is 0 Å². The molecule has 1 aromatic carbocycles. The normalized spacial score (nSPS) is 22.1. The second-order valence-electron chi connectivity index (χ2n) is 9.58. The monoisotopic (exact) mass is 525 g/mol. The van der Waals surface area contributed by atoms with E-state index in [0.717, 1.165) is 45.0 Å². The van der Waals surface area contributed by atoms with E-state index in [-0.39, 0.29) is 11.6 Å². The predicted octanol–water partition coefficient (Wildman–Crippen LogP) is 3.74. The number of rotatable bonds is 6. The SMILES string of the molecule is CN1C[C@H](Nc2nc3ccccn3c(=O)c2Br)C[C@H](c2ccc(OCC3CCNCC3)cc2)C1. The van der Waals surface area contributed by atoms with Gasteiger partial charge in [0.1, 0.15) is 21.7 Å². The highest BCUT2D eigenvalue weighted by Crippen LogP contribution is 2.30. The second-order valence-corrected chi connectivity index (χ2v) is 10.4. The Morgan fingerprint density at radius 2 is 1.94 bits per heavy atom. The Labute approximate surface area is 208 Å². The minimum Gasteiger partial charge on any atom is -0.493 e. The number of nitrogens with one attached hydrogen (secondary N) is 2. The Morgan fingerprint density at radius 3 is 2.74 bits per heavy atom. The van der Waals surface area contributed by atoms with Crippen LogP contribution in [0, 0.1) is 5.92 Å². The molecule has 2 N–H and O–H groups in total. The van der Waals surface area contributed by atoms with Gasteiger partial charge in [0, 0.05) is 25.3 Å². The standard InChI is InChI=1S/C26H32BrN5O2/c1-31-15-20(19-5-7-22(8-6-19)34-17-18-9-11-28-12-10-18)14-21(16-31)29-25-24(27)26(33)32-13-3-2-4-23(32)30-25/h2-8,13,18,20-21,28-29H,9-12,14-17H2,1H3/t20-,21+/m0/s1. The number of anilines is 1. The lowest BCUT2D eigenvalue weighted by Crippen LogP contribution is -2.43. The van der Waals surface area contributed by atoms with Crippen LogP contribution in [0.1, 0.15) is 30.7 Å². The van der Waals surface area contributed by atoms with Gasteiger partial charge in [-0.3, -0.25) is 9.20 Å². The van der Waals surface area contributed by atoms with Gasteiger partial charge in [0.05, 0.1) is 6.61 Å². The van der Waals surface area contributed by atoms with Crippen molar-refractivity contribution in [3.05, 3.63) is 69.1 Å². The maximum absolute atomic E-state index is 12.7. The van der Waals surface area contributed by atoms with Gasteiger partial charge >= 0.3 is 0 Å². The van der Waals surface area contributed by atoms with Gasteiger partial charge in [0.25, 0.3) is 5.56 Å². The third-order valence-corrected chi connectivity index (χ3v) is 7.66. The van der Waals surface area contributed by atoms with Gasteiger partial charge in [-0.25, -0.2) is 4.98 Å². The molecule has 0 bridgehead atoms. The largest absolute Gasteiger partial charge is 0.493 e. The molecule has 8 heteroatoms. The molecule has 180 valence electrons. The van der Waals surface area contributed by atoms with Crippen LogP contribution in [0.4, 0.5) is 5.82 Å². The molecule has 7 nitrogen and oxygen atoms in total. The number of fused-ring (bicyclic) bond motifs is 1. The van der Waals surface area contributed by atoms with Gasteiger partial charge in [-0.2, -0.15) is 0 Å². The van der Waals surface area contributed by atoms with Gasteiger partial charge in [0.2, 0.25) is 0 Å². The summed E-state index contributed by atoms with van der Waals surface area (Å²) in [7, 11) is 2.15. The van der Waals surface area contributed by atoms with Crippen molar-refractivity contribution in [3.8, 4) is 5.75 Å². The van der Waals surface area contributed by atoms with E-state index in [1.807, 2.05) is 18.2 Å². The molecule has 2 aromatic heterocycles. The first-order chi connectivity index (χ1) is 16.6. The first-order valence-electron chi connectivity index (χ1n) is 12.1. The van der Waals surface area contributed by atoms with Crippen molar-refractivity contribution in [2.24, 2.45) is 5.92 Å². The molecule has 0 aliphatic carbocycles. The second kappa shape index (κ2) is 10.5. The van der Waals surface area contributed by atoms with Crippen molar-refractivity contribution in [2.45, 2.75) is 31.2 Å². The molecule has 2 aliphatic rings. The van der Waals surface area contributed by atoms with E-state index in [9.17, 15) is 4.79 Å². The first-order valence-corrected chi connectivity index (χ1v) is 12.9. The molecule has 34 heavy (non-hydrogen) atoms. The summed E-state index contributed by atoms with van der Waals surface area (Å²) in [5.74, 6) is 2.61. The lowest BCUT2D eigenvalue weighted by atomic mass is 9.88. The quantitative estimate of drug-likeness (QED) is 0.510. The number of benzene rings is 1. The van der Waals surface area contributed by atoms with E-state index in [0.29, 0.717) is 27.8 Å². The van der Waals surface area contributed by atoms with Crippen molar-refractivity contribution in [3.63, 3.8) is 0 Å². The summed E-state index contributed by atoms with van der Waals surface area (Å²) in [6, 6.07) is 14.4. The van der Waals surface area contributed by atoms with Crippen LogP contribution in [0.5, 0.6) is 5.75 Å². The molecule has 0 radical (unpaired) electrons. The molecular weight excluding hydrogens is 494 g/mol. The van der Waals surface area contributed by atoms with Crippen LogP contribution in [-0.2, 0) is 0 Å². The Hall–Kier alpha value is -2.42. The molecule has 4 heterocycles. The molecule has 0 saturated carbocycles. The van der Waals surface area contributed by atoms with E-state index in [1.54, 1.807) is 10.6 Å². The smallest absolute Gasteiger partial charge is 0.274 e. The van der Waals surface area contributed by atoms with E-state index in [4.69, 9.17) is 4.74 Å². The summed E-state index contributed by atoms with van der Waals surface area (Å²) in [5, 5.41) is 6.94. The van der Waals surface area contributed by atoms with Crippen molar-refractivity contribution < 1.29 is 4.74 Å². The molecule has 0 unspecified atom stereocenters. The van der Waals surface area contributed by atoms with Crippen molar-refractivity contribution in [2.75, 3.05) is 45.2 Å². The fourth-order valence-corrected chi connectivity index (χ4v) is 5.51. The number of halogens is 1. The number of aromatic nitrogens is 2. The number of pyridine rings is 1. The molecular formula is C26H32BrN5O2. The minimum atomic E-state index is -0.103. The van der Waals surface area contributed by atoms with Gasteiger partial charge in [-0.1, -0.05) is 18.2 Å². The number of hydrogen-bond donors (Lipinski definition) is 2.